The molecule has 1 aromatic heterocycles. The zero-order valence-electron chi connectivity index (χ0n) is 15.6. The molecule has 2 N–H and O–H groups in total. The van der Waals surface area contributed by atoms with Gasteiger partial charge in [0.05, 0.1) is 23.5 Å². The van der Waals surface area contributed by atoms with Crippen molar-refractivity contribution in [1.29, 1.82) is 0 Å². The molecule has 0 aliphatic carbocycles. The summed E-state index contributed by atoms with van der Waals surface area (Å²) in [6.45, 7) is 1.44. The van der Waals surface area contributed by atoms with E-state index in [0.29, 0.717) is 22.8 Å². The molecule has 0 saturated carbocycles. The lowest BCUT2D eigenvalue weighted by molar-refractivity contribution is -0.117. The highest BCUT2D eigenvalue weighted by molar-refractivity contribution is 6.31. The minimum atomic E-state index is -0.581. The van der Waals surface area contributed by atoms with Crippen LogP contribution in [0.2, 0.25) is 5.02 Å². The number of benzene rings is 2. The first-order valence-electron chi connectivity index (χ1n) is 8.48. The predicted octanol–water partition coefficient (Wildman–Crippen LogP) is 3.28. The molecule has 0 atom stereocenters. The highest BCUT2D eigenvalue weighted by Crippen LogP contribution is 2.24. The van der Waals surface area contributed by atoms with Gasteiger partial charge in [0.2, 0.25) is 5.91 Å². The van der Waals surface area contributed by atoms with Crippen LogP contribution in [-0.2, 0) is 11.3 Å². The Kier molecular flexibility index (Phi) is 6.08. The van der Waals surface area contributed by atoms with Crippen LogP contribution in [0, 0.1) is 12.7 Å². The molecule has 3 rings (SSSR count). The summed E-state index contributed by atoms with van der Waals surface area (Å²) in [4.78, 5) is 24.8. The fraction of sp³-hybridized carbons (Fsp3) is 0.158. The standard InChI is InChI=1S/C19H17ClFN5O3/c1-11-18(19(28)23-15-5-3-4-6-16(15)29-2)24-25-26(11)10-17(27)22-12-7-8-14(21)13(20)9-12/h3-9H,10H2,1-2H3,(H,22,27)(H,23,28). The molecule has 0 aliphatic rings. The molecular formula is C19H17ClFN5O3. The van der Waals surface area contributed by atoms with E-state index in [0.717, 1.165) is 6.07 Å². The van der Waals surface area contributed by atoms with Gasteiger partial charge in [0.15, 0.2) is 5.69 Å². The molecule has 2 aromatic carbocycles. The SMILES string of the molecule is COc1ccccc1NC(=O)c1nnn(CC(=O)Nc2ccc(F)c(Cl)c2)c1C. The number of methoxy groups -OCH3 is 1. The quantitative estimate of drug-likeness (QED) is 0.641. The molecule has 0 spiro atoms. The van der Waals surface area contributed by atoms with Crippen molar-refractivity contribution in [2.45, 2.75) is 13.5 Å². The third-order valence-electron chi connectivity index (χ3n) is 4.05. The molecule has 0 radical (unpaired) electrons. The smallest absolute Gasteiger partial charge is 0.278 e. The van der Waals surface area contributed by atoms with Gasteiger partial charge in [0.25, 0.3) is 5.91 Å². The number of nitrogens with one attached hydrogen (secondary N) is 2. The number of aromatic nitrogens is 3. The molecule has 8 nitrogen and oxygen atoms in total. The Morgan fingerprint density at radius 3 is 2.69 bits per heavy atom. The lowest BCUT2D eigenvalue weighted by atomic mass is 10.2. The lowest BCUT2D eigenvalue weighted by Crippen LogP contribution is -2.21. The third-order valence-corrected chi connectivity index (χ3v) is 4.34. The normalized spacial score (nSPS) is 10.5. The van der Waals surface area contributed by atoms with Crippen LogP contribution in [0.1, 0.15) is 16.2 Å². The largest absolute Gasteiger partial charge is 0.495 e. The van der Waals surface area contributed by atoms with Gasteiger partial charge in [-0.2, -0.15) is 0 Å². The molecule has 10 heteroatoms. The first-order valence-corrected chi connectivity index (χ1v) is 8.86. The maximum Gasteiger partial charge on any atom is 0.278 e. The molecular weight excluding hydrogens is 401 g/mol. The second-order valence-electron chi connectivity index (χ2n) is 6.01. The Balaban J connectivity index is 1.69. The van der Waals surface area contributed by atoms with Crippen molar-refractivity contribution in [1.82, 2.24) is 15.0 Å². The van der Waals surface area contributed by atoms with Crippen LogP contribution in [0.15, 0.2) is 42.5 Å². The molecule has 0 aliphatic heterocycles. The molecule has 29 heavy (non-hydrogen) atoms. The fourth-order valence-corrected chi connectivity index (χ4v) is 2.74. The van der Waals surface area contributed by atoms with E-state index in [1.165, 1.54) is 23.9 Å². The van der Waals surface area contributed by atoms with E-state index in [1.807, 2.05) is 0 Å². The van der Waals surface area contributed by atoms with Gasteiger partial charge in [-0.3, -0.25) is 9.59 Å². The van der Waals surface area contributed by atoms with Gasteiger partial charge in [-0.05, 0) is 37.3 Å². The van der Waals surface area contributed by atoms with Gasteiger partial charge in [0, 0.05) is 5.69 Å². The molecule has 1 heterocycles. The van der Waals surface area contributed by atoms with Crippen LogP contribution >= 0.6 is 11.6 Å². The van der Waals surface area contributed by atoms with Crippen LogP contribution in [-0.4, -0.2) is 33.9 Å². The zero-order chi connectivity index (χ0) is 21.0. The van der Waals surface area contributed by atoms with Gasteiger partial charge in [-0.15, -0.1) is 5.10 Å². The van der Waals surface area contributed by atoms with E-state index in [4.69, 9.17) is 16.3 Å². The van der Waals surface area contributed by atoms with Gasteiger partial charge in [0.1, 0.15) is 18.1 Å². The maximum atomic E-state index is 13.2. The summed E-state index contributed by atoms with van der Waals surface area (Å²) in [5, 5.41) is 12.9. The Hall–Kier alpha value is -3.46. The Labute approximate surface area is 170 Å². The van der Waals surface area contributed by atoms with E-state index < -0.39 is 17.6 Å². The topological polar surface area (TPSA) is 98.1 Å². The Morgan fingerprint density at radius 1 is 1.21 bits per heavy atom. The van der Waals surface area contributed by atoms with Crippen molar-refractivity contribution in [3.8, 4) is 5.75 Å². The molecule has 150 valence electrons. The number of ether oxygens (including phenoxy) is 1. The van der Waals surface area contributed by atoms with Gasteiger partial charge >= 0.3 is 0 Å². The second-order valence-corrected chi connectivity index (χ2v) is 6.42. The van der Waals surface area contributed by atoms with Crippen LogP contribution in [0.4, 0.5) is 15.8 Å². The third kappa shape index (κ3) is 4.69. The van der Waals surface area contributed by atoms with Crippen molar-refractivity contribution >= 4 is 34.8 Å². The maximum absolute atomic E-state index is 13.2. The summed E-state index contributed by atoms with van der Waals surface area (Å²) in [5.41, 5.74) is 1.31. The van der Waals surface area contributed by atoms with Crippen molar-refractivity contribution in [3.05, 3.63) is 64.7 Å². The minimum Gasteiger partial charge on any atom is -0.495 e. The fourth-order valence-electron chi connectivity index (χ4n) is 2.56. The number of halogens is 2. The van der Waals surface area contributed by atoms with Crippen LogP contribution < -0.4 is 15.4 Å². The molecule has 0 bridgehead atoms. The summed E-state index contributed by atoms with van der Waals surface area (Å²) in [6, 6.07) is 10.8. The second kappa shape index (κ2) is 8.70. The van der Waals surface area contributed by atoms with E-state index in [1.54, 1.807) is 31.2 Å². The summed E-state index contributed by atoms with van der Waals surface area (Å²) in [5.74, 6) is -0.993. The summed E-state index contributed by atoms with van der Waals surface area (Å²) in [6.07, 6.45) is 0. The molecule has 0 unspecified atom stereocenters. The molecule has 0 saturated heterocycles. The molecule has 2 amide bonds. The summed E-state index contributed by atoms with van der Waals surface area (Å²) < 4.78 is 19.7. The summed E-state index contributed by atoms with van der Waals surface area (Å²) >= 11 is 5.70. The number of rotatable bonds is 6. The monoisotopic (exact) mass is 417 g/mol. The first kappa shape index (κ1) is 20.3. The number of carbonyl (C=O) groups is 2. The lowest BCUT2D eigenvalue weighted by Gasteiger charge is -2.09. The highest BCUT2D eigenvalue weighted by atomic mass is 35.5. The number of hydrogen-bond donors (Lipinski definition) is 2. The number of hydrogen-bond acceptors (Lipinski definition) is 5. The number of anilines is 2. The number of carbonyl (C=O) groups excluding carboxylic acids is 2. The van der Waals surface area contributed by atoms with E-state index in [-0.39, 0.29) is 17.3 Å². The number of nitrogens with zero attached hydrogens (tertiary/aromatic N) is 3. The zero-order valence-corrected chi connectivity index (χ0v) is 16.3. The average molecular weight is 418 g/mol. The van der Waals surface area contributed by atoms with Crippen molar-refractivity contribution in [2.24, 2.45) is 0 Å². The molecule has 0 fully saturated rings. The van der Waals surface area contributed by atoms with E-state index in [2.05, 4.69) is 20.9 Å². The van der Waals surface area contributed by atoms with E-state index >= 15 is 0 Å². The number of amides is 2. The average Bonchev–Trinajstić information content (AvgIpc) is 3.05. The van der Waals surface area contributed by atoms with Crippen LogP contribution in [0.5, 0.6) is 5.75 Å². The predicted molar refractivity (Wildman–Crippen MR) is 106 cm³/mol. The van der Waals surface area contributed by atoms with Crippen LogP contribution in [0.3, 0.4) is 0 Å². The summed E-state index contributed by atoms with van der Waals surface area (Å²) in [7, 11) is 1.50. The Bertz CT molecular complexity index is 1070. The number of para-hydroxylation sites is 2. The Morgan fingerprint density at radius 2 is 1.97 bits per heavy atom. The first-order chi connectivity index (χ1) is 13.9. The van der Waals surface area contributed by atoms with Gasteiger partial charge in [-0.25, -0.2) is 9.07 Å². The van der Waals surface area contributed by atoms with Crippen molar-refractivity contribution in [3.63, 3.8) is 0 Å². The van der Waals surface area contributed by atoms with Crippen molar-refractivity contribution < 1.29 is 18.7 Å². The minimum absolute atomic E-state index is 0.0773. The van der Waals surface area contributed by atoms with Gasteiger partial charge < -0.3 is 15.4 Å². The van der Waals surface area contributed by atoms with Crippen molar-refractivity contribution in [2.75, 3.05) is 17.7 Å². The van der Waals surface area contributed by atoms with Gasteiger partial charge in [-0.1, -0.05) is 28.9 Å². The van der Waals surface area contributed by atoms with E-state index in [9.17, 15) is 14.0 Å². The highest BCUT2D eigenvalue weighted by Gasteiger charge is 2.19. The molecule has 3 aromatic rings. The van der Waals surface area contributed by atoms with Crippen LogP contribution in [0.25, 0.3) is 0 Å².